The lowest BCUT2D eigenvalue weighted by Gasteiger charge is -2.09. The number of nitriles is 1. The number of nitrogens with one attached hydrogen (secondary N) is 1. The number of nitrogens with zero attached hydrogens (tertiary/aromatic N) is 3. The molecule has 33 heavy (non-hydrogen) atoms. The zero-order chi connectivity index (χ0) is 23.8. The lowest BCUT2D eigenvalue weighted by molar-refractivity contribution is -0.112. The van der Waals surface area contributed by atoms with Gasteiger partial charge in [-0.2, -0.15) is 5.26 Å². The summed E-state index contributed by atoms with van der Waals surface area (Å²) in [6.45, 7) is 2.75. The van der Waals surface area contributed by atoms with Gasteiger partial charge in [0.25, 0.3) is 5.91 Å². The third-order valence-electron chi connectivity index (χ3n) is 4.14. The maximum Gasteiger partial charge on any atom is 0.268 e. The van der Waals surface area contributed by atoms with E-state index >= 15 is 0 Å². The molecule has 1 amide bonds. The highest BCUT2D eigenvalue weighted by Gasteiger charge is 2.17. The van der Waals surface area contributed by atoms with Gasteiger partial charge in [0.05, 0.1) is 0 Å². The number of ether oxygens (including phenoxy) is 2. The smallest absolute Gasteiger partial charge is 0.268 e. The first-order valence-corrected chi connectivity index (χ1v) is 12.3. The molecule has 0 unspecified atom stereocenters. The van der Waals surface area contributed by atoms with Crippen LogP contribution in [0, 0.1) is 18.3 Å². The van der Waals surface area contributed by atoms with Gasteiger partial charge >= 0.3 is 0 Å². The maximum absolute atomic E-state index is 12.3. The molecule has 0 saturated carbocycles. The van der Waals surface area contributed by atoms with Crippen LogP contribution in [0.1, 0.15) is 11.1 Å². The molecule has 0 spiro atoms. The Labute approximate surface area is 195 Å². The van der Waals surface area contributed by atoms with E-state index in [1.165, 1.54) is 6.08 Å². The quantitative estimate of drug-likeness (QED) is 0.212. The van der Waals surface area contributed by atoms with Crippen molar-refractivity contribution in [3.8, 4) is 17.6 Å². The summed E-state index contributed by atoms with van der Waals surface area (Å²) in [7, 11) is -3.53. The van der Waals surface area contributed by atoms with Crippen molar-refractivity contribution >= 4 is 38.3 Å². The Hall–Kier alpha value is -3.75. The maximum atomic E-state index is 12.3. The van der Waals surface area contributed by atoms with Crippen molar-refractivity contribution in [2.45, 2.75) is 11.3 Å². The third-order valence-corrected chi connectivity index (χ3v) is 6.65. The van der Waals surface area contributed by atoms with Crippen molar-refractivity contribution < 1.29 is 22.7 Å². The average Bonchev–Trinajstić information content (AvgIpc) is 3.26. The van der Waals surface area contributed by atoms with Crippen LogP contribution in [0.2, 0.25) is 0 Å². The molecule has 0 atom stereocenters. The lowest BCUT2D eigenvalue weighted by Crippen LogP contribution is -2.13. The van der Waals surface area contributed by atoms with Crippen molar-refractivity contribution in [2.75, 3.05) is 24.8 Å². The van der Waals surface area contributed by atoms with E-state index in [2.05, 4.69) is 15.5 Å². The van der Waals surface area contributed by atoms with Gasteiger partial charge < -0.3 is 9.47 Å². The van der Waals surface area contributed by atoms with Gasteiger partial charge in [-0.25, -0.2) is 8.42 Å². The fourth-order valence-electron chi connectivity index (χ4n) is 2.50. The molecule has 0 saturated heterocycles. The molecule has 170 valence electrons. The van der Waals surface area contributed by atoms with Crippen LogP contribution in [0.25, 0.3) is 6.08 Å². The molecule has 0 aliphatic heterocycles. The number of amides is 1. The molecule has 0 fully saturated rings. The monoisotopic (exact) mass is 484 g/mol. The van der Waals surface area contributed by atoms with Crippen molar-refractivity contribution in [1.82, 2.24) is 10.2 Å². The SMILES string of the molecule is Cc1ccc(OCCOc2ccc(/C=C(/C#N)C(=O)Nc3nnc(S(C)(=O)=O)s3)cc2)cc1. The zero-order valence-electron chi connectivity index (χ0n) is 17.8. The van der Waals surface area contributed by atoms with E-state index in [0.29, 0.717) is 35.9 Å². The van der Waals surface area contributed by atoms with Gasteiger partial charge in [0, 0.05) is 6.26 Å². The van der Waals surface area contributed by atoms with Crippen molar-refractivity contribution in [3.05, 3.63) is 65.2 Å². The first kappa shape index (κ1) is 23.9. The highest BCUT2D eigenvalue weighted by Crippen LogP contribution is 2.21. The predicted molar refractivity (Wildman–Crippen MR) is 124 cm³/mol. The van der Waals surface area contributed by atoms with Crippen LogP contribution in [0.4, 0.5) is 5.13 Å². The number of aromatic nitrogens is 2. The van der Waals surface area contributed by atoms with Gasteiger partial charge in [0.2, 0.25) is 19.3 Å². The summed E-state index contributed by atoms with van der Waals surface area (Å²) in [5.41, 5.74) is 1.59. The lowest BCUT2D eigenvalue weighted by atomic mass is 10.1. The molecule has 9 nitrogen and oxygen atoms in total. The molecule has 3 aromatic rings. The molecule has 0 aliphatic carbocycles. The fourth-order valence-corrected chi connectivity index (χ4v) is 4.01. The second-order valence-electron chi connectivity index (χ2n) is 6.85. The molecule has 0 bridgehead atoms. The highest BCUT2D eigenvalue weighted by atomic mass is 32.2. The molecule has 3 rings (SSSR count). The van der Waals surface area contributed by atoms with E-state index in [0.717, 1.165) is 17.6 Å². The van der Waals surface area contributed by atoms with Crippen molar-refractivity contribution in [2.24, 2.45) is 0 Å². The van der Waals surface area contributed by atoms with Crippen LogP contribution < -0.4 is 14.8 Å². The average molecular weight is 485 g/mol. The Morgan fingerprint density at radius 3 is 2.15 bits per heavy atom. The minimum Gasteiger partial charge on any atom is -0.490 e. The highest BCUT2D eigenvalue weighted by molar-refractivity contribution is 7.92. The molecule has 1 heterocycles. The standard InChI is InChI=1S/C22H20N4O5S2/c1-15-3-7-18(8-4-15)30-11-12-31-19-9-5-16(6-10-19)13-17(14-23)20(27)24-21-25-26-22(32-21)33(2,28)29/h3-10,13H,11-12H2,1-2H3,(H,24,25,27)/b17-13-. The number of sulfone groups is 1. The Bertz CT molecular complexity index is 1290. The van der Waals surface area contributed by atoms with Gasteiger partial charge in [-0.1, -0.05) is 41.2 Å². The van der Waals surface area contributed by atoms with Crippen molar-refractivity contribution in [3.63, 3.8) is 0 Å². The fraction of sp³-hybridized carbons (Fsp3) is 0.182. The minimum absolute atomic E-state index is 0.0156. The van der Waals surface area contributed by atoms with Gasteiger partial charge in [-0.05, 0) is 42.8 Å². The number of benzene rings is 2. The molecule has 0 aliphatic rings. The minimum atomic E-state index is -3.53. The van der Waals surface area contributed by atoms with Crippen LogP contribution in [0.5, 0.6) is 11.5 Å². The molecule has 0 radical (unpaired) electrons. The molecule has 1 aromatic heterocycles. The van der Waals surface area contributed by atoms with E-state index in [9.17, 15) is 18.5 Å². The summed E-state index contributed by atoms with van der Waals surface area (Å²) in [6.07, 6.45) is 2.39. The number of hydrogen-bond donors (Lipinski definition) is 1. The number of rotatable bonds is 9. The van der Waals surface area contributed by atoms with Crippen LogP contribution in [0.15, 0.2) is 58.4 Å². The Morgan fingerprint density at radius 2 is 1.64 bits per heavy atom. The first-order chi connectivity index (χ1) is 15.7. The molecule has 1 N–H and O–H groups in total. The summed E-state index contributed by atoms with van der Waals surface area (Å²) in [5.74, 6) is 0.667. The summed E-state index contributed by atoms with van der Waals surface area (Å²) < 4.78 is 34.0. The Morgan fingerprint density at radius 1 is 1.06 bits per heavy atom. The second-order valence-corrected chi connectivity index (χ2v) is 10.0. The number of aryl methyl sites for hydroxylation is 1. The molecule has 2 aromatic carbocycles. The van der Waals surface area contributed by atoms with Crippen LogP contribution in [0.3, 0.4) is 0 Å². The number of anilines is 1. The van der Waals surface area contributed by atoms with Crippen LogP contribution in [-0.2, 0) is 14.6 Å². The van der Waals surface area contributed by atoms with E-state index < -0.39 is 15.7 Å². The Balaban J connectivity index is 1.54. The summed E-state index contributed by atoms with van der Waals surface area (Å²) >= 11 is 0.707. The van der Waals surface area contributed by atoms with Gasteiger partial charge in [0.15, 0.2) is 0 Å². The van der Waals surface area contributed by atoms with E-state index in [1.807, 2.05) is 37.3 Å². The number of carbonyl (C=O) groups excluding carboxylic acids is 1. The Kier molecular flexibility index (Phi) is 7.76. The number of carbonyl (C=O) groups is 1. The predicted octanol–water partition coefficient (Wildman–Crippen LogP) is 3.25. The molecule has 11 heteroatoms. The normalized spacial score (nSPS) is 11.5. The topological polar surface area (TPSA) is 131 Å². The van der Waals surface area contributed by atoms with Gasteiger partial charge in [-0.15, -0.1) is 10.2 Å². The van der Waals surface area contributed by atoms with Crippen LogP contribution in [-0.4, -0.2) is 44.0 Å². The third kappa shape index (κ3) is 7.13. The largest absolute Gasteiger partial charge is 0.490 e. The number of hydrogen-bond acceptors (Lipinski definition) is 9. The molecular weight excluding hydrogens is 464 g/mol. The van der Waals surface area contributed by atoms with Gasteiger partial charge in [-0.3, -0.25) is 10.1 Å². The molecular formula is C22H20N4O5S2. The first-order valence-electron chi connectivity index (χ1n) is 9.63. The summed E-state index contributed by atoms with van der Waals surface area (Å²) in [6, 6.07) is 16.4. The van der Waals surface area contributed by atoms with E-state index in [1.54, 1.807) is 24.3 Å². The van der Waals surface area contributed by atoms with Gasteiger partial charge in [0.1, 0.15) is 36.4 Å². The second kappa shape index (κ2) is 10.7. The summed E-state index contributed by atoms with van der Waals surface area (Å²) in [5, 5.41) is 18.8. The summed E-state index contributed by atoms with van der Waals surface area (Å²) in [4.78, 5) is 12.3. The van der Waals surface area contributed by atoms with Crippen LogP contribution >= 0.6 is 11.3 Å². The van der Waals surface area contributed by atoms with E-state index in [-0.39, 0.29) is 15.0 Å². The van der Waals surface area contributed by atoms with E-state index in [4.69, 9.17) is 9.47 Å². The van der Waals surface area contributed by atoms with Crippen molar-refractivity contribution in [1.29, 1.82) is 5.26 Å². The zero-order valence-corrected chi connectivity index (χ0v) is 19.4.